The Morgan fingerprint density at radius 1 is 1.29 bits per heavy atom. The van der Waals surface area contributed by atoms with E-state index in [1.165, 1.54) is 4.90 Å². The maximum absolute atomic E-state index is 11.9. The molecule has 3 amide bonds. The van der Waals surface area contributed by atoms with Crippen molar-refractivity contribution in [1.29, 1.82) is 0 Å². The monoisotopic (exact) mass is 299 g/mol. The maximum atomic E-state index is 11.9. The van der Waals surface area contributed by atoms with Crippen LogP contribution in [0.2, 0.25) is 0 Å². The number of likely N-dealkylation sites (N-methyl/N-ethyl adjacent to an activating group) is 1. The molecule has 1 heterocycles. The molecule has 7 nitrogen and oxygen atoms in total. The lowest BCUT2D eigenvalue weighted by molar-refractivity contribution is -0.138. The number of hydrogen-bond acceptors (Lipinski definition) is 3. The van der Waals surface area contributed by atoms with Gasteiger partial charge in [0.25, 0.3) is 0 Å². The number of carbonyl (C=O) groups is 3. The van der Waals surface area contributed by atoms with Crippen LogP contribution in [-0.4, -0.2) is 66.0 Å². The van der Waals surface area contributed by atoms with Crippen molar-refractivity contribution in [3.05, 3.63) is 0 Å². The predicted octanol–water partition coefficient (Wildman–Crippen LogP) is 0.751. The summed E-state index contributed by atoms with van der Waals surface area (Å²) >= 11 is 0. The summed E-state index contributed by atoms with van der Waals surface area (Å²) in [4.78, 5) is 37.6. The largest absolute Gasteiger partial charge is 0.481 e. The van der Waals surface area contributed by atoms with E-state index >= 15 is 0 Å². The Kier molecular flexibility index (Phi) is 6.98. The zero-order chi connectivity index (χ0) is 15.8. The SMILES string of the molecule is CCC(CNC(=O)N(C)CC(=O)N1CCCC1)CC(=O)O. The second kappa shape index (κ2) is 8.49. The van der Waals surface area contributed by atoms with Crippen molar-refractivity contribution in [3.8, 4) is 0 Å². The molecular formula is C14H25N3O4. The van der Waals surface area contributed by atoms with Crippen LogP contribution in [0.15, 0.2) is 0 Å². The molecule has 0 radical (unpaired) electrons. The van der Waals surface area contributed by atoms with Crippen molar-refractivity contribution in [2.45, 2.75) is 32.6 Å². The van der Waals surface area contributed by atoms with Gasteiger partial charge in [-0.25, -0.2) is 4.79 Å². The Morgan fingerprint density at radius 3 is 2.43 bits per heavy atom. The summed E-state index contributed by atoms with van der Waals surface area (Å²) in [6.07, 6.45) is 2.76. The zero-order valence-corrected chi connectivity index (χ0v) is 12.8. The van der Waals surface area contributed by atoms with Crippen molar-refractivity contribution in [3.63, 3.8) is 0 Å². The smallest absolute Gasteiger partial charge is 0.317 e. The van der Waals surface area contributed by atoms with Crippen molar-refractivity contribution in [2.24, 2.45) is 5.92 Å². The Hall–Kier alpha value is -1.79. The van der Waals surface area contributed by atoms with Crippen LogP contribution >= 0.6 is 0 Å². The van der Waals surface area contributed by atoms with E-state index in [4.69, 9.17) is 5.11 Å². The summed E-state index contributed by atoms with van der Waals surface area (Å²) in [5, 5.41) is 11.4. The van der Waals surface area contributed by atoms with E-state index in [0.29, 0.717) is 13.0 Å². The number of amides is 3. The first-order valence-electron chi connectivity index (χ1n) is 7.42. The third-order valence-electron chi connectivity index (χ3n) is 3.76. The minimum absolute atomic E-state index is 0.0349. The molecule has 2 N–H and O–H groups in total. The third kappa shape index (κ3) is 6.01. The summed E-state index contributed by atoms with van der Waals surface area (Å²) in [6.45, 7) is 3.79. The van der Waals surface area contributed by atoms with Gasteiger partial charge in [-0.1, -0.05) is 13.3 Å². The minimum Gasteiger partial charge on any atom is -0.481 e. The maximum Gasteiger partial charge on any atom is 0.317 e. The van der Waals surface area contributed by atoms with Crippen LogP contribution in [0.3, 0.4) is 0 Å². The summed E-state index contributed by atoms with van der Waals surface area (Å²) in [6, 6.07) is -0.341. The Labute approximate surface area is 125 Å². The number of carbonyl (C=O) groups excluding carboxylic acids is 2. The van der Waals surface area contributed by atoms with Crippen LogP contribution in [0.5, 0.6) is 0 Å². The van der Waals surface area contributed by atoms with Gasteiger partial charge in [-0.15, -0.1) is 0 Å². The topological polar surface area (TPSA) is 90.0 Å². The number of carboxylic acid groups (broad SMARTS) is 1. The molecule has 21 heavy (non-hydrogen) atoms. The van der Waals surface area contributed by atoms with Gasteiger partial charge >= 0.3 is 12.0 Å². The number of aliphatic carboxylic acids is 1. The molecule has 0 spiro atoms. The molecule has 1 atom stereocenters. The molecule has 1 saturated heterocycles. The summed E-state index contributed by atoms with van der Waals surface area (Å²) in [5.74, 6) is -0.995. The Bertz CT molecular complexity index is 380. The summed E-state index contributed by atoms with van der Waals surface area (Å²) in [7, 11) is 1.57. The average Bonchev–Trinajstić information content (AvgIpc) is 2.96. The minimum atomic E-state index is -0.867. The van der Waals surface area contributed by atoms with Gasteiger partial charge < -0.3 is 20.2 Å². The van der Waals surface area contributed by atoms with Gasteiger partial charge in [0, 0.05) is 33.1 Å². The van der Waals surface area contributed by atoms with Crippen LogP contribution in [0, 0.1) is 5.92 Å². The fourth-order valence-electron chi connectivity index (χ4n) is 2.32. The van der Waals surface area contributed by atoms with Gasteiger partial charge in [-0.05, 0) is 18.8 Å². The summed E-state index contributed by atoms with van der Waals surface area (Å²) < 4.78 is 0. The second-order valence-corrected chi connectivity index (χ2v) is 5.50. The number of carboxylic acids is 1. The van der Waals surface area contributed by atoms with Gasteiger partial charge in [0.05, 0.1) is 0 Å². The molecule has 120 valence electrons. The molecule has 0 aromatic heterocycles. The molecule has 1 fully saturated rings. The normalized spacial score (nSPS) is 15.6. The van der Waals surface area contributed by atoms with E-state index < -0.39 is 5.97 Å². The first kappa shape index (κ1) is 17.3. The quantitative estimate of drug-likeness (QED) is 0.726. The predicted molar refractivity (Wildman–Crippen MR) is 77.9 cm³/mol. The van der Waals surface area contributed by atoms with Gasteiger partial charge in [0.15, 0.2) is 0 Å². The lowest BCUT2D eigenvalue weighted by Gasteiger charge is -2.22. The lowest BCUT2D eigenvalue weighted by Crippen LogP contribution is -2.45. The van der Waals surface area contributed by atoms with Gasteiger partial charge in [0.2, 0.25) is 5.91 Å². The van der Waals surface area contributed by atoms with E-state index in [-0.39, 0.29) is 30.8 Å². The van der Waals surface area contributed by atoms with Gasteiger partial charge in [-0.2, -0.15) is 0 Å². The van der Waals surface area contributed by atoms with Crippen LogP contribution in [0.25, 0.3) is 0 Å². The van der Waals surface area contributed by atoms with Crippen molar-refractivity contribution in [1.82, 2.24) is 15.1 Å². The number of hydrogen-bond donors (Lipinski definition) is 2. The van der Waals surface area contributed by atoms with Gasteiger partial charge in [0.1, 0.15) is 6.54 Å². The highest BCUT2D eigenvalue weighted by atomic mass is 16.4. The average molecular weight is 299 g/mol. The fraction of sp³-hybridized carbons (Fsp3) is 0.786. The second-order valence-electron chi connectivity index (χ2n) is 5.50. The van der Waals surface area contributed by atoms with E-state index in [1.807, 2.05) is 6.92 Å². The standard InChI is InChI=1S/C14H25N3O4/c1-3-11(8-13(19)20)9-15-14(21)16(2)10-12(18)17-6-4-5-7-17/h11H,3-10H2,1-2H3,(H,15,21)(H,19,20). The van der Waals surface area contributed by atoms with E-state index in [2.05, 4.69) is 5.32 Å². The number of rotatable bonds is 7. The van der Waals surface area contributed by atoms with Crippen molar-refractivity contribution in [2.75, 3.05) is 33.2 Å². The van der Waals surface area contributed by atoms with Crippen LogP contribution in [0.4, 0.5) is 4.79 Å². The highest BCUT2D eigenvalue weighted by Crippen LogP contribution is 2.08. The molecule has 0 bridgehead atoms. The van der Waals surface area contributed by atoms with Crippen LogP contribution in [-0.2, 0) is 9.59 Å². The number of nitrogens with zero attached hydrogens (tertiary/aromatic N) is 2. The molecule has 0 aliphatic carbocycles. The zero-order valence-electron chi connectivity index (χ0n) is 12.8. The third-order valence-corrected chi connectivity index (χ3v) is 3.76. The van der Waals surface area contributed by atoms with E-state index in [0.717, 1.165) is 25.9 Å². The number of nitrogens with one attached hydrogen (secondary N) is 1. The molecule has 0 saturated carbocycles. The van der Waals surface area contributed by atoms with E-state index in [9.17, 15) is 14.4 Å². The molecular weight excluding hydrogens is 274 g/mol. The Balaban J connectivity index is 2.32. The van der Waals surface area contributed by atoms with E-state index in [1.54, 1.807) is 11.9 Å². The highest BCUT2D eigenvalue weighted by molar-refractivity contribution is 5.84. The molecule has 7 heteroatoms. The van der Waals surface area contributed by atoms with Crippen LogP contribution in [0.1, 0.15) is 32.6 Å². The summed E-state index contributed by atoms with van der Waals surface area (Å²) in [5.41, 5.74) is 0. The molecule has 1 unspecified atom stereocenters. The first-order chi connectivity index (χ1) is 9.93. The molecule has 1 aliphatic rings. The highest BCUT2D eigenvalue weighted by Gasteiger charge is 2.21. The molecule has 0 aromatic carbocycles. The fourth-order valence-corrected chi connectivity index (χ4v) is 2.32. The Morgan fingerprint density at radius 2 is 1.90 bits per heavy atom. The molecule has 1 aliphatic heterocycles. The number of likely N-dealkylation sites (tertiary alicyclic amines) is 1. The van der Waals surface area contributed by atoms with Gasteiger partial charge in [-0.3, -0.25) is 9.59 Å². The lowest BCUT2D eigenvalue weighted by atomic mass is 10.0. The van der Waals surface area contributed by atoms with Crippen molar-refractivity contribution >= 4 is 17.9 Å². The van der Waals surface area contributed by atoms with Crippen LogP contribution < -0.4 is 5.32 Å². The molecule has 0 aromatic rings. The number of urea groups is 1. The van der Waals surface area contributed by atoms with Crippen molar-refractivity contribution < 1.29 is 19.5 Å². The molecule has 1 rings (SSSR count). The first-order valence-corrected chi connectivity index (χ1v) is 7.42.